The van der Waals surface area contributed by atoms with Gasteiger partial charge in [0.2, 0.25) is 12.7 Å². The molecule has 142 valence electrons. The number of carbonyl (C=O) groups excluding carboxylic acids is 1. The van der Waals surface area contributed by atoms with E-state index >= 15 is 0 Å². The fraction of sp³-hybridized carbons (Fsp3) is 0.650. The van der Waals surface area contributed by atoms with Crippen LogP contribution in [0.25, 0.3) is 0 Å². The summed E-state index contributed by atoms with van der Waals surface area (Å²) in [5.74, 6) is 1.55. The van der Waals surface area contributed by atoms with Gasteiger partial charge < -0.3 is 25.3 Å². The fourth-order valence-electron chi connectivity index (χ4n) is 4.39. The Morgan fingerprint density at radius 2 is 1.77 bits per heavy atom. The van der Waals surface area contributed by atoms with Crippen molar-refractivity contribution in [1.29, 1.82) is 0 Å². The lowest BCUT2D eigenvalue weighted by atomic mass is 9.73. The van der Waals surface area contributed by atoms with E-state index in [9.17, 15) is 4.79 Å². The van der Waals surface area contributed by atoms with Crippen molar-refractivity contribution in [2.45, 2.75) is 55.9 Å². The molecule has 1 amide bonds. The summed E-state index contributed by atoms with van der Waals surface area (Å²) in [5.41, 5.74) is 6.71. The molecule has 0 unspecified atom stereocenters. The molecule has 0 bridgehead atoms. The molecular weight excluding hydrogens is 332 g/mol. The first kappa shape index (κ1) is 17.6. The van der Waals surface area contributed by atoms with E-state index in [1.165, 1.54) is 12.0 Å². The van der Waals surface area contributed by atoms with Crippen LogP contribution in [0.5, 0.6) is 11.5 Å². The molecule has 6 nitrogen and oxygen atoms in total. The number of hydrogen-bond acceptors (Lipinski definition) is 5. The molecule has 1 aromatic carbocycles. The first-order valence-electron chi connectivity index (χ1n) is 9.67. The van der Waals surface area contributed by atoms with E-state index in [2.05, 4.69) is 17.4 Å². The molecule has 1 saturated carbocycles. The van der Waals surface area contributed by atoms with Gasteiger partial charge in [0.25, 0.3) is 0 Å². The lowest BCUT2D eigenvalue weighted by Crippen LogP contribution is -2.57. The lowest BCUT2D eigenvalue weighted by Gasteiger charge is -2.39. The van der Waals surface area contributed by atoms with Crippen molar-refractivity contribution in [1.82, 2.24) is 5.32 Å². The molecule has 6 heteroatoms. The van der Waals surface area contributed by atoms with Crippen molar-refractivity contribution < 1.29 is 19.0 Å². The van der Waals surface area contributed by atoms with Crippen molar-refractivity contribution in [2.75, 3.05) is 26.6 Å². The van der Waals surface area contributed by atoms with E-state index in [1.54, 1.807) is 0 Å². The largest absolute Gasteiger partial charge is 0.454 e. The number of nitrogens with two attached hydrogens (primary N) is 1. The Hall–Kier alpha value is -1.79. The van der Waals surface area contributed by atoms with Crippen LogP contribution >= 0.6 is 0 Å². The summed E-state index contributed by atoms with van der Waals surface area (Å²) in [6, 6.07) is 6.10. The third-order valence-electron chi connectivity index (χ3n) is 6.22. The summed E-state index contributed by atoms with van der Waals surface area (Å²) in [6.45, 7) is 2.23. The van der Waals surface area contributed by atoms with Gasteiger partial charge in [-0.1, -0.05) is 25.3 Å². The SMILES string of the molecule is NC1(C(=O)NCC2(c3ccc4c(c3)OCO4)CCOCC2)CCCCC1. The van der Waals surface area contributed by atoms with Crippen LogP contribution in [0.1, 0.15) is 50.5 Å². The van der Waals surface area contributed by atoms with Gasteiger partial charge in [0.15, 0.2) is 11.5 Å². The molecule has 4 rings (SSSR count). The maximum atomic E-state index is 12.8. The van der Waals surface area contributed by atoms with Gasteiger partial charge in [-0.15, -0.1) is 0 Å². The number of fused-ring (bicyclic) bond motifs is 1. The zero-order valence-electron chi connectivity index (χ0n) is 15.2. The average molecular weight is 360 g/mol. The van der Waals surface area contributed by atoms with Crippen molar-refractivity contribution in [3.8, 4) is 11.5 Å². The summed E-state index contributed by atoms with van der Waals surface area (Å²) in [4.78, 5) is 12.8. The van der Waals surface area contributed by atoms with E-state index < -0.39 is 5.54 Å². The second-order valence-electron chi connectivity index (χ2n) is 7.86. The van der Waals surface area contributed by atoms with E-state index in [1.807, 2.05) is 6.07 Å². The first-order valence-corrected chi connectivity index (χ1v) is 9.67. The van der Waals surface area contributed by atoms with Crippen LogP contribution in [-0.4, -0.2) is 38.0 Å². The van der Waals surface area contributed by atoms with Gasteiger partial charge in [-0.3, -0.25) is 4.79 Å². The lowest BCUT2D eigenvalue weighted by molar-refractivity contribution is -0.128. The highest BCUT2D eigenvalue weighted by molar-refractivity contribution is 5.86. The highest BCUT2D eigenvalue weighted by atomic mass is 16.7. The van der Waals surface area contributed by atoms with Crippen LogP contribution in [0.2, 0.25) is 0 Å². The number of amides is 1. The van der Waals surface area contributed by atoms with Gasteiger partial charge in [-0.2, -0.15) is 0 Å². The van der Waals surface area contributed by atoms with E-state index in [4.69, 9.17) is 19.9 Å². The van der Waals surface area contributed by atoms with Gasteiger partial charge in [0.05, 0.1) is 5.54 Å². The number of benzene rings is 1. The second kappa shape index (κ2) is 7.08. The summed E-state index contributed by atoms with van der Waals surface area (Å²) in [5, 5.41) is 3.18. The van der Waals surface area contributed by atoms with Gasteiger partial charge in [0, 0.05) is 25.2 Å². The average Bonchev–Trinajstić information content (AvgIpc) is 3.15. The summed E-state index contributed by atoms with van der Waals surface area (Å²) >= 11 is 0. The minimum absolute atomic E-state index is 0.0104. The highest BCUT2D eigenvalue weighted by Crippen LogP contribution is 2.40. The number of hydrogen-bond donors (Lipinski definition) is 2. The summed E-state index contributed by atoms with van der Waals surface area (Å²) in [7, 11) is 0. The van der Waals surface area contributed by atoms with Crippen molar-refractivity contribution in [3.63, 3.8) is 0 Å². The normalized spacial score (nSPS) is 23.4. The van der Waals surface area contributed by atoms with Crippen LogP contribution in [0, 0.1) is 0 Å². The number of nitrogens with one attached hydrogen (secondary N) is 1. The molecule has 0 radical (unpaired) electrons. The Bertz CT molecular complexity index is 664. The Labute approximate surface area is 154 Å². The Balaban J connectivity index is 1.52. The Kier molecular flexibility index (Phi) is 4.80. The van der Waals surface area contributed by atoms with Crippen LogP contribution in [0.3, 0.4) is 0 Å². The maximum absolute atomic E-state index is 12.8. The summed E-state index contributed by atoms with van der Waals surface area (Å²) < 4.78 is 16.6. The van der Waals surface area contributed by atoms with Gasteiger partial charge in [0.1, 0.15) is 0 Å². The second-order valence-corrected chi connectivity index (χ2v) is 7.86. The molecule has 0 atom stereocenters. The van der Waals surface area contributed by atoms with Crippen LogP contribution in [0.4, 0.5) is 0 Å². The van der Waals surface area contributed by atoms with Crippen LogP contribution < -0.4 is 20.5 Å². The molecule has 2 fully saturated rings. The predicted octanol–water partition coefficient (Wildman–Crippen LogP) is 2.24. The van der Waals surface area contributed by atoms with Crippen molar-refractivity contribution >= 4 is 5.91 Å². The molecule has 3 N–H and O–H groups in total. The predicted molar refractivity (Wildman–Crippen MR) is 97.3 cm³/mol. The molecular formula is C20H28N2O4. The molecule has 2 aliphatic heterocycles. The fourth-order valence-corrected chi connectivity index (χ4v) is 4.39. The molecule has 3 aliphatic rings. The third-order valence-corrected chi connectivity index (χ3v) is 6.22. The summed E-state index contributed by atoms with van der Waals surface area (Å²) in [6.07, 6.45) is 6.52. The first-order chi connectivity index (χ1) is 12.6. The molecule has 1 saturated heterocycles. The highest BCUT2D eigenvalue weighted by Gasteiger charge is 2.39. The Morgan fingerprint density at radius 1 is 1.04 bits per heavy atom. The molecule has 0 spiro atoms. The van der Waals surface area contributed by atoms with E-state index in [0.717, 1.165) is 50.0 Å². The maximum Gasteiger partial charge on any atom is 0.240 e. The number of carbonyl (C=O) groups is 1. The topological polar surface area (TPSA) is 82.8 Å². The standard InChI is InChI=1S/C20H28N2O4/c21-20(6-2-1-3-7-20)18(23)22-13-19(8-10-24-11-9-19)15-4-5-16-17(12-15)26-14-25-16/h4-5,12H,1-3,6-11,13-14,21H2,(H,22,23). The molecule has 26 heavy (non-hydrogen) atoms. The quantitative estimate of drug-likeness (QED) is 0.860. The minimum Gasteiger partial charge on any atom is -0.454 e. The van der Waals surface area contributed by atoms with Gasteiger partial charge in [-0.05, 0) is 43.4 Å². The minimum atomic E-state index is -0.709. The number of ether oxygens (including phenoxy) is 3. The van der Waals surface area contributed by atoms with E-state index in [0.29, 0.717) is 19.8 Å². The monoisotopic (exact) mass is 360 g/mol. The van der Waals surface area contributed by atoms with Crippen molar-refractivity contribution in [2.24, 2.45) is 5.73 Å². The van der Waals surface area contributed by atoms with Gasteiger partial charge >= 0.3 is 0 Å². The number of rotatable bonds is 4. The molecule has 2 heterocycles. The molecule has 1 aliphatic carbocycles. The molecule has 0 aromatic heterocycles. The third kappa shape index (κ3) is 3.28. The van der Waals surface area contributed by atoms with Gasteiger partial charge in [-0.25, -0.2) is 0 Å². The Morgan fingerprint density at radius 3 is 2.54 bits per heavy atom. The smallest absolute Gasteiger partial charge is 0.240 e. The van der Waals surface area contributed by atoms with Crippen molar-refractivity contribution in [3.05, 3.63) is 23.8 Å². The van der Waals surface area contributed by atoms with Crippen LogP contribution in [-0.2, 0) is 14.9 Å². The van der Waals surface area contributed by atoms with E-state index in [-0.39, 0.29) is 18.1 Å². The zero-order valence-corrected chi connectivity index (χ0v) is 15.2. The zero-order chi connectivity index (χ0) is 18.0. The molecule has 1 aromatic rings. The van der Waals surface area contributed by atoms with Crippen LogP contribution in [0.15, 0.2) is 18.2 Å².